The molecule has 0 aliphatic carbocycles. The van der Waals surface area contributed by atoms with E-state index in [9.17, 15) is 4.79 Å². The van der Waals surface area contributed by atoms with Crippen LogP contribution in [0.2, 0.25) is 0 Å². The van der Waals surface area contributed by atoms with Crippen molar-refractivity contribution >= 4 is 11.7 Å². The highest BCUT2D eigenvalue weighted by atomic mass is 16.2. The lowest BCUT2D eigenvalue weighted by atomic mass is 10.2. The van der Waals surface area contributed by atoms with Crippen LogP contribution in [-0.2, 0) is 11.3 Å². The highest BCUT2D eigenvalue weighted by molar-refractivity contribution is 5.94. The van der Waals surface area contributed by atoms with Crippen molar-refractivity contribution in [2.45, 2.75) is 25.4 Å². The topological polar surface area (TPSA) is 71.8 Å². The molecule has 2 aromatic heterocycles. The van der Waals surface area contributed by atoms with Crippen molar-refractivity contribution in [1.82, 2.24) is 20.1 Å². The molecule has 1 amide bonds. The Balaban J connectivity index is 1.60. The van der Waals surface area contributed by atoms with E-state index in [1.807, 2.05) is 24.4 Å². The maximum Gasteiger partial charge on any atom is 0.242 e. The van der Waals surface area contributed by atoms with Gasteiger partial charge in [0.05, 0.1) is 12.6 Å². The number of rotatable bonds is 4. The van der Waals surface area contributed by atoms with Gasteiger partial charge in [0, 0.05) is 24.7 Å². The zero-order chi connectivity index (χ0) is 13.8. The minimum Gasteiger partial charge on any atom is -0.308 e. The molecule has 0 spiro atoms. The first-order valence-corrected chi connectivity index (χ1v) is 6.78. The van der Waals surface area contributed by atoms with Gasteiger partial charge in [0.1, 0.15) is 0 Å². The van der Waals surface area contributed by atoms with Crippen molar-refractivity contribution in [3.63, 3.8) is 0 Å². The molecule has 0 saturated carbocycles. The molecular weight excluding hydrogens is 254 g/mol. The average Bonchev–Trinajstić information content (AvgIpc) is 3.11. The number of nitrogens with one attached hydrogen (secondary N) is 2. The Labute approximate surface area is 117 Å². The zero-order valence-electron chi connectivity index (χ0n) is 11.1. The van der Waals surface area contributed by atoms with Gasteiger partial charge in [0.25, 0.3) is 0 Å². The molecule has 3 heterocycles. The zero-order valence-corrected chi connectivity index (χ0v) is 11.1. The molecule has 0 radical (unpaired) electrons. The van der Waals surface area contributed by atoms with E-state index in [1.54, 1.807) is 17.1 Å². The molecule has 1 aliphatic rings. The molecule has 1 aliphatic heterocycles. The molecule has 1 fully saturated rings. The Hall–Kier alpha value is -2.21. The van der Waals surface area contributed by atoms with Crippen LogP contribution in [0.3, 0.4) is 0 Å². The van der Waals surface area contributed by atoms with E-state index in [1.165, 1.54) is 0 Å². The van der Waals surface area contributed by atoms with E-state index in [4.69, 9.17) is 0 Å². The molecule has 3 rings (SSSR count). The summed E-state index contributed by atoms with van der Waals surface area (Å²) in [6.07, 6.45) is 7.32. The van der Waals surface area contributed by atoms with Crippen LogP contribution in [0.25, 0.3) is 0 Å². The van der Waals surface area contributed by atoms with E-state index in [0.717, 1.165) is 24.9 Å². The van der Waals surface area contributed by atoms with Gasteiger partial charge in [-0.3, -0.25) is 14.5 Å². The van der Waals surface area contributed by atoms with Crippen molar-refractivity contribution in [2.75, 3.05) is 11.9 Å². The lowest BCUT2D eigenvalue weighted by molar-refractivity contribution is -0.117. The maximum absolute atomic E-state index is 12.0. The fourth-order valence-electron chi connectivity index (χ4n) is 2.31. The summed E-state index contributed by atoms with van der Waals surface area (Å²) in [5.41, 5.74) is 1.12. The highest BCUT2D eigenvalue weighted by Gasteiger charge is 2.22. The molecule has 6 nitrogen and oxygen atoms in total. The lowest BCUT2D eigenvalue weighted by Gasteiger charge is -2.08. The number of nitrogens with zero attached hydrogens (tertiary/aromatic N) is 3. The first-order valence-electron chi connectivity index (χ1n) is 6.78. The van der Waals surface area contributed by atoms with Crippen molar-refractivity contribution in [3.8, 4) is 0 Å². The Morgan fingerprint density at radius 1 is 1.40 bits per heavy atom. The van der Waals surface area contributed by atoms with E-state index in [2.05, 4.69) is 20.7 Å². The van der Waals surface area contributed by atoms with E-state index >= 15 is 0 Å². The van der Waals surface area contributed by atoms with Gasteiger partial charge in [0.2, 0.25) is 5.91 Å². The smallest absolute Gasteiger partial charge is 0.242 e. The van der Waals surface area contributed by atoms with Crippen LogP contribution in [-0.4, -0.2) is 33.3 Å². The predicted octanol–water partition coefficient (Wildman–Crippen LogP) is 1.02. The summed E-state index contributed by atoms with van der Waals surface area (Å²) in [7, 11) is 0. The van der Waals surface area contributed by atoms with Crippen molar-refractivity contribution in [2.24, 2.45) is 0 Å². The number of hydrogen-bond acceptors (Lipinski definition) is 4. The van der Waals surface area contributed by atoms with Crippen molar-refractivity contribution in [1.29, 1.82) is 0 Å². The first kappa shape index (κ1) is 12.8. The summed E-state index contributed by atoms with van der Waals surface area (Å²) in [4.78, 5) is 15.9. The average molecular weight is 271 g/mol. The van der Waals surface area contributed by atoms with Gasteiger partial charge in [-0.2, -0.15) is 5.10 Å². The maximum atomic E-state index is 12.0. The quantitative estimate of drug-likeness (QED) is 0.871. The minimum absolute atomic E-state index is 0.00309. The summed E-state index contributed by atoms with van der Waals surface area (Å²) in [5, 5.41) is 10.4. The third-order valence-corrected chi connectivity index (χ3v) is 3.36. The monoisotopic (exact) mass is 271 g/mol. The summed E-state index contributed by atoms with van der Waals surface area (Å²) in [6.45, 7) is 1.58. The number of anilines is 1. The molecular formula is C14H17N5O. The molecule has 0 aromatic carbocycles. The van der Waals surface area contributed by atoms with Gasteiger partial charge in [-0.25, -0.2) is 0 Å². The lowest BCUT2D eigenvalue weighted by Crippen LogP contribution is -2.35. The van der Waals surface area contributed by atoms with E-state index in [0.29, 0.717) is 12.4 Å². The fourth-order valence-corrected chi connectivity index (χ4v) is 2.31. The van der Waals surface area contributed by atoms with E-state index < -0.39 is 0 Å². The fraction of sp³-hybridized carbons (Fsp3) is 0.357. The number of carbonyl (C=O) groups excluding carboxylic acids is 1. The molecule has 6 heteroatoms. The Morgan fingerprint density at radius 3 is 3.00 bits per heavy atom. The number of carbonyl (C=O) groups is 1. The summed E-state index contributed by atoms with van der Waals surface area (Å²) in [6, 6.07) is 5.62. The van der Waals surface area contributed by atoms with Gasteiger partial charge in [-0.05, 0) is 37.1 Å². The number of aromatic nitrogens is 3. The Morgan fingerprint density at radius 2 is 2.25 bits per heavy atom. The van der Waals surface area contributed by atoms with Crippen LogP contribution in [0, 0.1) is 0 Å². The second-order valence-corrected chi connectivity index (χ2v) is 4.89. The largest absolute Gasteiger partial charge is 0.308 e. The van der Waals surface area contributed by atoms with Crippen LogP contribution in [0.4, 0.5) is 5.82 Å². The Kier molecular flexibility index (Phi) is 3.73. The predicted molar refractivity (Wildman–Crippen MR) is 75.2 cm³/mol. The number of hydrogen-bond donors (Lipinski definition) is 2. The number of pyridine rings is 1. The third-order valence-electron chi connectivity index (χ3n) is 3.36. The third kappa shape index (κ3) is 3.03. The van der Waals surface area contributed by atoms with Crippen LogP contribution in [0.15, 0.2) is 36.8 Å². The number of amides is 1. The summed E-state index contributed by atoms with van der Waals surface area (Å²) < 4.78 is 1.80. The van der Waals surface area contributed by atoms with Gasteiger partial charge in [-0.15, -0.1) is 0 Å². The minimum atomic E-state index is -0.0830. The van der Waals surface area contributed by atoms with Crippen molar-refractivity contribution < 1.29 is 4.79 Å². The van der Waals surface area contributed by atoms with Crippen LogP contribution < -0.4 is 10.6 Å². The van der Waals surface area contributed by atoms with Gasteiger partial charge < -0.3 is 10.6 Å². The molecule has 1 saturated heterocycles. The standard InChI is InChI=1S/C14H17N5O/c20-14(12-2-1-6-16-12)17-13-5-9-19(18-13)10-11-3-7-15-8-4-11/h3-5,7-9,12,16H,1-2,6,10H2,(H,17,18,20)/t12-/m0/s1. The van der Waals surface area contributed by atoms with Crippen molar-refractivity contribution in [3.05, 3.63) is 42.4 Å². The van der Waals surface area contributed by atoms with Gasteiger partial charge >= 0.3 is 0 Å². The molecule has 0 unspecified atom stereocenters. The molecule has 104 valence electrons. The molecule has 0 bridgehead atoms. The molecule has 2 N–H and O–H groups in total. The highest BCUT2D eigenvalue weighted by Crippen LogP contribution is 2.10. The van der Waals surface area contributed by atoms with Crippen LogP contribution in [0.5, 0.6) is 0 Å². The molecule has 20 heavy (non-hydrogen) atoms. The summed E-state index contributed by atoms with van der Waals surface area (Å²) >= 11 is 0. The second kappa shape index (κ2) is 5.83. The molecule has 1 atom stereocenters. The Bertz CT molecular complexity index is 574. The van der Waals surface area contributed by atoms with E-state index in [-0.39, 0.29) is 11.9 Å². The normalized spacial score (nSPS) is 18.1. The van der Waals surface area contributed by atoms with Gasteiger partial charge in [0.15, 0.2) is 5.82 Å². The first-order chi connectivity index (χ1) is 9.81. The second-order valence-electron chi connectivity index (χ2n) is 4.89. The van der Waals surface area contributed by atoms with Gasteiger partial charge in [-0.1, -0.05) is 0 Å². The van der Waals surface area contributed by atoms with Crippen LogP contribution >= 0.6 is 0 Å². The SMILES string of the molecule is O=C(Nc1ccn(Cc2ccncc2)n1)[C@@H]1CCCN1. The van der Waals surface area contributed by atoms with Crippen LogP contribution in [0.1, 0.15) is 18.4 Å². The molecule has 2 aromatic rings. The summed E-state index contributed by atoms with van der Waals surface area (Å²) in [5.74, 6) is 0.592.